The molecule has 3 rings (SSSR count). The number of carboxylic acid groups (broad SMARTS) is 1. The van der Waals surface area contributed by atoms with E-state index < -0.39 is 17.2 Å². The third kappa shape index (κ3) is 2.57. The number of nitrogens with one attached hydrogen (secondary N) is 1. The standard InChI is InChI=1S/C15H14FN3O3/c16-11-4-2-1-3-10(11)15(6-7-15)14(22)17-12-5-8-19(18-12)9-13(20)21/h1-5,8H,6-7,9H2,(H,20,21)(H,17,18,22). The molecule has 1 aromatic heterocycles. The Hall–Kier alpha value is -2.70. The quantitative estimate of drug-likeness (QED) is 0.882. The number of aliphatic carboxylic acids is 1. The van der Waals surface area contributed by atoms with Gasteiger partial charge in [0, 0.05) is 17.8 Å². The van der Waals surface area contributed by atoms with Gasteiger partial charge >= 0.3 is 5.97 Å². The molecule has 0 atom stereocenters. The summed E-state index contributed by atoms with van der Waals surface area (Å²) in [5.41, 5.74) is -0.459. The number of carbonyl (C=O) groups is 2. The second-order valence-electron chi connectivity index (χ2n) is 5.31. The van der Waals surface area contributed by atoms with Crippen molar-refractivity contribution in [2.24, 2.45) is 0 Å². The lowest BCUT2D eigenvalue weighted by atomic mass is 9.94. The second kappa shape index (κ2) is 5.25. The van der Waals surface area contributed by atoms with Crippen molar-refractivity contribution in [2.75, 3.05) is 5.32 Å². The van der Waals surface area contributed by atoms with Gasteiger partial charge in [0.25, 0.3) is 0 Å². The monoisotopic (exact) mass is 303 g/mol. The van der Waals surface area contributed by atoms with Crippen LogP contribution < -0.4 is 5.32 Å². The zero-order chi connectivity index (χ0) is 15.7. The molecule has 1 aromatic carbocycles. The minimum atomic E-state index is -1.02. The molecule has 0 radical (unpaired) electrons. The van der Waals surface area contributed by atoms with E-state index >= 15 is 0 Å². The molecule has 1 heterocycles. The highest BCUT2D eigenvalue weighted by atomic mass is 19.1. The number of nitrogens with zero attached hydrogens (tertiary/aromatic N) is 2. The van der Waals surface area contributed by atoms with Crippen LogP contribution in [0.2, 0.25) is 0 Å². The molecule has 0 aliphatic heterocycles. The van der Waals surface area contributed by atoms with E-state index in [1.165, 1.54) is 23.0 Å². The summed E-state index contributed by atoms with van der Waals surface area (Å²) in [7, 11) is 0. The van der Waals surface area contributed by atoms with Crippen LogP contribution in [-0.4, -0.2) is 26.8 Å². The van der Waals surface area contributed by atoms with Crippen molar-refractivity contribution in [2.45, 2.75) is 24.8 Å². The first-order chi connectivity index (χ1) is 10.5. The maximum absolute atomic E-state index is 13.9. The van der Waals surface area contributed by atoms with Gasteiger partial charge in [-0.1, -0.05) is 18.2 Å². The van der Waals surface area contributed by atoms with Crippen molar-refractivity contribution < 1.29 is 19.1 Å². The van der Waals surface area contributed by atoms with Gasteiger partial charge in [-0.25, -0.2) is 4.39 Å². The Morgan fingerprint density at radius 3 is 2.68 bits per heavy atom. The van der Waals surface area contributed by atoms with Gasteiger partial charge in [0.2, 0.25) is 5.91 Å². The van der Waals surface area contributed by atoms with E-state index in [1.807, 2.05) is 0 Å². The molecule has 1 aliphatic rings. The molecule has 0 spiro atoms. The predicted molar refractivity (Wildman–Crippen MR) is 75.8 cm³/mol. The molecule has 114 valence electrons. The Balaban J connectivity index is 1.76. The first-order valence-electron chi connectivity index (χ1n) is 6.83. The van der Waals surface area contributed by atoms with E-state index in [0.717, 1.165) is 0 Å². The Morgan fingerprint density at radius 2 is 2.05 bits per heavy atom. The third-order valence-corrected chi connectivity index (χ3v) is 3.75. The second-order valence-corrected chi connectivity index (χ2v) is 5.31. The van der Waals surface area contributed by atoms with E-state index in [9.17, 15) is 14.0 Å². The zero-order valence-electron chi connectivity index (χ0n) is 11.6. The van der Waals surface area contributed by atoms with Crippen molar-refractivity contribution in [3.63, 3.8) is 0 Å². The maximum Gasteiger partial charge on any atom is 0.325 e. The summed E-state index contributed by atoms with van der Waals surface area (Å²) in [5.74, 6) is -1.48. The fraction of sp³-hybridized carbons (Fsp3) is 0.267. The number of benzene rings is 1. The number of carbonyl (C=O) groups excluding carboxylic acids is 1. The average molecular weight is 303 g/mol. The number of anilines is 1. The van der Waals surface area contributed by atoms with E-state index in [2.05, 4.69) is 10.4 Å². The highest BCUT2D eigenvalue weighted by molar-refractivity contribution is 6.00. The molecule has 1 fully saturated rings. The van der Waals surface area contributed by atoms with Gasteiger partial charge in [-0.2, -0.15) is 5.10 Å². The largest absolute Gasteiger partial charge is 0.480 e. The summed E-state index contributed by atoms with van der Waals surface area (Å²) in [5, 5.41) is 15.3. The first kappa shape index (κ1) is 14.2. The lowest BCUT2D eigenvalue weighted by Gasteiger charge is -2.15. The third-order valence-electron chi connectivity index (χ3n) is 3.75. The van der Waals surface area contributed by atoms with Crippen LogP contribution in [-0.2, 0) is 21.5 Å². The Kier molecular flexibility index (Phi) is 3.40. The molecular formula is C15H14FN3O3. The predicted octanol–water partition coefficient (Wildman–Crippen LogP) is 1.78. The smallest absolute Gasteiger partial charge is 0.325 e. The van der Waals surface area contributed by atoms with E-state index in [-0.39, 0.29) is 18.3 Å². The highest BCUT2D eigenvalue weighted by Gasteiger charge is 2.52. The van der Waals surface area contributed by atoms with Crippen LogP contribution >= 0.6 is 0 Å². The molecule has 7 heteroatoms. The molecule has 1 amide bonds. The number of aromatic nitrogens is 2. The van der Waals surface area contributed by atoms with Gasteiger partial charge < -0.3 is 10.4 Å². The number of amides is 1. The summed E-state index contributed by atoms with van der Waals surface area (Å²) in [6.45, 7) is -0.283. The van der Waals surface area contributed by atoms with Crippen LogP contribution in [0.1, 0.15) is 18.4 Å². The lowest BCUT2D eigenvalue weighted by Crippen LogP contribution is -2.29. The fourth-order valence-corrected chi connectivity index (χ4v) is 2.48. The van der Waals surface area contributed by atoms with Gasteiger partial charge in [-0.3, -0.25) is 14.3 Å². The summed E-state index contributed by atoms with van der Waals surface area (Å²) >= 11 is 0. The molecule has 0 unspecified atom stereocenters. The highest BCUT2D eigenvalue weighted by Crippen LogP contribution is 2.49. The molecule has 0 saturated heterocycles. The van der Waals surface area contributed by atoms with Crippen LogP contribution in [0.3, 0.4) is 0 Å². The van der Waals surface area contributed by atoms with Crippen LogP contribution in [0.25, 0.3) is 0 Å². The summed E-state index contributed by atoms with van der Waals surface area (Å²) in [4.78, 5) is 23.0. The number of rotatable bonds is 5. The van der Waals surface area contributed by atoms with Gasteiger partial charge in [-0.05, 0) is 18.9 Å². The molecule has 2 aromatic rings. The molecular weight excluding hydrogens is 289 g/mol. The molecule has 6 nitrogen and oxygen atoms in total. The van der Waals surface area contributed by atoms with Gasteiger partial charge in [0.1, 0.15) is 12.4 Å². The Labute approximate surface area is 125 Å². The van der Waals surface area contributed by atoms with Crippen LogP contribution in [0.5, 0.6) is 0 Å². The van der Waals surface area contributed by atoms with Gasteiger partial charge in [0.15, 0.2) is 5.82 Å². The topological polar surface area (TPSA) is 84.2 Å². The van der Waals surface area contributed by atoms with Crippen molar-refractivity contribution >= 4 is 17.7 Å². The van der Waals surface area contributed by atoms with Crippen molar-refractivity contribution in [1.29, 1.82) is 0 Å². The average Bonchev–Trinajstić information content (AvgIpc) is 3.16. The fourth-order valence-electron chi connectivity index (χ4n) is 2.48. The molecule has 0 bridgehead atoms. The normalized spacial score (nSPS) is 15.3. The van der Waals surface area contributed by atoms with Gasteiger partial charge in [0.05, 0.1) is 5.41 Å². The molecule has 1 aliphatic carbocycles. The van der Waals surface area contributed by atoms with Crippen molar-refractivity contribution in [3.05, 3.63) is 47.9 Å². The SMILES string of the molecule is O=C(O)Cn1ccc(NC(=O)C2(c3ccccc3F)CC2)n1. The van der Waals surface area contributed by atoms with Crippen LogP contribution in [0, 0.1) is 5.82 Å². The minimum absolute atomic E-state index is 0.258. The summed E-state index contributed by atoms with van der Waals surface area (Å²) < 4.78 is 15.1. The number of halogens is 1. The first-order valence-corrected chi connectivity index (χ1v) is 6.83. The van der Waals surface area contributed by atoms with E-state index in [0.29, 0.717) is 18.4 Å². The summed E-state index contributed by atoms with van der Waals surface area (Å²) in [6.07, 6.45) is 2.62. The maximum atomic E-state index is 13.9. The number of hydrogen-bond acceptors (Lipinski definition) is 3. The van der Waals surface area contributed by atoms with Gasteiger partial charge in [-0.15, -0.1) is 0 Å². The lowest BCUT2D eigenvalue weighted by molar-refractivity contribution is -0.137. The Bertz CT molecular complexity index is 737. The summed E-state index contributed by atoms with van der Waals surface area (Å²) in [6, 6.07) is 7.75. The number of carboxylic acids is 1. The Morgan fingerprint density at radius 1 is 1.32 bits per heavy atom. The van der Waals surface area contributed by atoms with E-state index in [4.69, 9.17) is 5.11 Å². The van der Waals surface area contributed by atoms with Crippen molar-refractivity contribution in [3.8, 4) is 0 Å². The molecule has 1 saturated carbocycles. The zero-order valence-corrected chi connectivity index (χ0v) is 11.6. The minimum Gasteiger partial charge on any atom is -0.480 e. The van der Waals surface area contributed by atoms with Crippen LogP contribution in [0.15, 0.2) is 36.5 Å². The molecule has 22 heavy (non-hydrogen) atoms. The van der Waals surface area contributed by atoms with Crippen LogP contribution in [0.4, 0.5) is 10.2 Å². The molecule has 2 N–H and O–H groups in total. The van der Waals surface area contributed by atoms with Crippen molar-refractivity contribution in [1.82, 2.24) is 9.78 Å². The number of hydrogen-bond donors (Lipinski definition) is 2. The van der Waals surface area contributed by atoms with E-state index in [1.54, 1.807) is 18.2 Å².